The minimum atomic E-state index is -0.358. The first-order valence-corrected chi connectivity index (χ1v) is 6.67. The molecule has 1 heterocycles. The van der Waals surface area contributed by atoms with Gasteiger partial charge < -0.3 is 10.1 Å². The highest BCUT2D eigenvalue weighted by Crippen LogP contribution is 2.22. The number of nitro groups is 1. The first kappa shape index (κ1) is 14.0. The quantitative estimate of drug-likeness (QED) is 0.656. The Bertz CT molecular complexity index is 450. The molecule has 5 heteroatoms. The molecule has 0 bridgehead atoms. The van der Waals surface area contributed by atoms with Crippen LogP contribution in [0.25, 0.3) is 0 Å². The fourth-order valence-corrected chi connectivity index (χ4v) is 2.40. The molecule has 3 atom stereocenters. The largest absolute Gasteiger partial charge is 0.378 e. The molecule has 1 aromatic carbocycles. The Morgan fingerprint density at radius 3 is 3.00 bits per heavy atom. The summed E-state index contributed by atoms with van der Waals surface area (Å²) in [6.07, 6.45) is 1.38. The molecule has 1 fully saturated rings. The van der Waals surface area contributed by atoms with Gasteiger partial charge >= 0.3 is 0 Å². The standard InChI is InChI=1S/C14H20N2O3/c1-10(15-9-13-6-7-19-11(13)2)12-4-3-5-14(8-12)16(17)18/h3-5,8,10-11,13,15H,6-7,9H2,1-2H3. The Balaban J connectivity index is 1.93. The molecular weight excluding hydrogens is 244 g/mol. The molecule has 3 unspecified atom stereocenters. The fourth-order valence-electron chi connectivity index (χ4n) is 2.40. The van der Waals surface area contributed by atoms with Crippen LogP contribution in [0.3, 0.4) is 0 Å². The maximum absolute atomic E-state index is 10.8. The van der Waals surface area contributed by atoms with Crippen LogP contribution in [-0.2, 0) is 4.74 Å². The molecule has 0 radical (unpaired) electrons. The van der Waals surface area contributed by atoms with Gasteiger partial charge in [-0.2, -0.15) is 0 Å². The van der Waals surface area contributed by atoms with Gasteiger partial charge in [-0.1, -0.05) is 12.1 Å². The maximum atomic E-state index is 10.8. The van der Waals surface area contributed by atoms with Crippen LogP contribution in [-0.4, -0.2) is 24.2 Å². The molecule has 2 rings (SSSR count). The van der Waals surface area contributed by atoms with Crippen molar-refractivity contribution in [1.29, 1.82) is 0 Å². The average Bonchev–Trinajstić information content (AvgIpc) is 2.81. The Morgan fingerprint density at radius 1 is 1.58 bits per heavy atom. The molecule has 0 aromatic heterocycles. The number of nitrogens with one attached hydrogen (secondary N) is 1. The monoisotopic (exact) mass is 264 g/mol. The summed E-state index contributed by atoms with van der Waals surface area (Å²) in [7, 11) is 0. The van der Waals surface area contributed by atoms with Gasteiger partial charge in [-0.3, -0.25) is 10.1 Å². The first-order valence-electron chi connectivity index (χ1n) is 6.67. The fraction of sp³-hybridized carbons (Fsp3) is 0.571. The molecule has 104 valence electrons. The second-order valence-corrected chi connectivity index (χ2v) is 5.11. The van der Waals surface area contributed by atoms with Crippen LogP contribution in [0, 0.1) is 16.0 Å². The van der Waals surface area contributed by atoms with E-state index in [4.69, 9.17) is 4.74 Å². The van der Waals surface area contributed by atoms with E-state index in [0.29, 0.717) is 12.0 Å². The van der Waals surface area contributed by atoms with E-state index in [1.807, 2.05) is 13.0 Å². The van der Waals surface area contributed by atoms with Crippen molar-refractivity contribution in [1.82, 2.24) is 5.32 Å². The third kappa shape index (κ3) is 3.52. The highest BCUT2D eigenvalue weighted by Gasteiger charge is 2.24. The molecule has 0 amide bonds. The molecule has 1 aliphatic rings. The molecule has 1 saturated heterocycles. The maximum Gasteiger partial charge on any atom is 0.269 e. The van der Waals surface area contributed by atoms with Crippen LogP contribution in [0.1, 0.15) is 31.9 Å². The molecule has 0 saturated carbocycles. The summed E-state index contributed by atoms with van der Waals surface area (Å²) < 4.78 is 5.52. The molecule has 1 aliphatic heterocycles. The zero-order valence-electron chi connectivity index (χ0n) is 11.3. The highest BCUT2D eigenvalue weighted by atomic mass is 16.6. The molecular formula is C14H20N2O3. The number of non-ortho nitro benzene ring substituents is 1. The van der Waals surface area contributed by atoms with Crippen molar-refractivity contribution in [3.8, 4) is 0 Å². The summed E-state index contributed by atoms with van der Waals surface area (Å²) in [6, 6.07) is 6.90. The SMILES string of the molecule is CC(NCC1CCOC1C)c1cccc([N+](=O)[O-])c1. The van der Waals surface area contributed by atoms with Gasteiger partial charge in [0.15, 0.2) is 0 Å². The van der Waals surface area contributed by atoms with E-state index in [1.54, 1.807) is 12.1 Å². The van der Waals surface area contributed by atoms with Crippen molar-refractivity contribution >= 4 is 5.69 Å². The number of hydrogen-bond acceptors (Lipinski definition) is 4. The molecule has 19 heavy (non-hydrogen) atoms. The van der Waals surface area contributed by atoms with Crippen molar-refractivity contribution in [2.45, 2.75) is 32.4 Å². The number of benzene rings is 1. The van der Waals surface area contributed by atoms with E-state index in [2.05, 4.69) is 12.2 Å². The summed E-state index contributed by atoms with van der Waals surface area (Å²) in [5.41, 5.74) is 1.09. The normalized spacial score (nSPS) is 24.3. The Labute approximate surface area is 113 Å². The lowest BCUT2D eigenvalue weighted by molar-refractivity contribution is -0.384. The summed E-state index contributed by atoms with van der Waals surface area (Å²) in [5.74, 6) is 0.529. The zero-order chi connectivity index (χ0) is 13.8. The number of hydrogen-bond donors (Lipinski definition) is 1. The lowest BCUT2D eigenvalue weighted by Gasteiger charge is -2.19. The van der Waals surface area contributed by atoms with E-state index in [0.717, 1.165) is 25.1 Å². The predicted octanol–water partition coefficient (Wildman–Crippen LogP) is 2.67. The van der Waals surface area contributed by atoms with Crippen molar-refractivity contribution < 1.29 is 9.66 Å². The van der Waals surface area contributed by atoms with Crippen LogP contribution in [0.4, 0.5) is 5.69 Å². The minimum absolute atomic E-state index is 0.104. The van der Waals surface area contributed by atoms with Gasteiger partial charge in [-0.15, -0.1) is 0 Å². The van der Waals surface area contributed by atoms with Crippen molar-refractivity contribution in [2.75, 3.05) is 13.2 Å². The van der Waals surface area contributed by atoms with Gasteiger partial charge in [-0.25, -0.2) is 0 Å². The minimum Gasteiger partial charge on any atom is -0.378 e. The van der Waals surface area contributed by atoms with Crippen molar-refractivity contribution in [3.05, 3.63) is 39.9 Å². The average molecular weight is 264 g/mol. The second kappa shape index (κ2) is 6.12. The number of ether oxygens (including phenoxy) is 1. The van der Waals surface area contributed by atoms with Crippen LogP contribution in [0.2, 0.25) is 0 Å². The smallest absolute Gasteiger partial charge is 0.269 e. The Hall–Kier alpha value is -1.46. The van der Waals surface area contributed by atoms with E-state index < -0.39 is 0 Å². The summed E-state index contributed by atoms with van der Waals surface area (Å²) in [4.78, 5) is 10.4. The van der Waals surface area contributed by atoms with Crippen LogP contribution in [0.5, 0.6) is 0 Å². The first-order chi connectivity index (χ1) is 9.08. The molecule has 1 aromatic rings. The Morgan fingerprint density at radius 2 is 2.37 bits per heavy atom. The molecule has 1 N–H and O–H groups in total. The summed E-state index contributed by atoms with van der Waals surface area (Å²) in [5, 5.41) is 14.2. The van der Waals surface area contributed by atoms with E-state index >= 15 is 0 Å². The molecule has 5 nitrogen and oxygen atoms in total. The number of nitrogens with zero attached hydrogens (tertiary/aromatic N) is 1. The van der Waals surface area contributed by atoms with Gasteiger partial charge in [-0.05, 0) is 31.7 Å². The third-order valence-electron chi connectivity index (χ3n) is 3.80. The number of nitro benzene ring substituents is 1. The predicted molar refractivity (Wildman–Crippen MR) is 73.0 cm³/mol. The molecule has 0 spiro atoms. The lowest BCUT2D eigenvalue weighted by Crippen LogP contribution is -2.29. The van der Waals surface area contributed by atoms with Gasteiger partial charge in [0, 0.05) is 31.3 Å². The van der Waals surface area contributed by atoms with Crippen molar-refractivity contribution in [3.63, 3.8) is 0 Å². The van der Waals surface area contributed by atoms with E-state index in [1.165, 1.54) is 6.07 Å². The van der Waals surface area contributed by atoms with Crippen molar-refractivity contribution in [2.24, 2.45) is 5.92 Å². The third-order valence-corrected chi connectivity index (χ3v) is 3.80. The van der Waals surface area contributed by atoms with Crippen LogP contribution in [0.15, 0.2) is 24.3 Å². The van der Waals surface area contributed by atoms with Gasteiger partial charge in [0.1, 0.15) is 0 Å². The van der Waals surface area contributed by atoms with Crippen LogP contribution < -0.4 is 5.32 Å². The molecule has 0 aliphatic carbocycles. The van der Waals surface area contributed by atoms with Gasteiger partial charge in [0.2, 0.25) is 0 Å². The van der Waals surface area contributed by atoms with Gasteiger partial charge in [0.05, 0.1) is 11.0 Å². The van der Waals surface area contributed by atoms with Gasteiger partial charge in [0.25, 0.3) is 5.69 Å². The second-order valence-electron chi connectivity index (χ2n) is 5.11. The van der Waals surface area contributed by atoms with Crippen LogP contribution >= 0.6 is 0 Å². The topological polar surface area (TPSA) is 64.4 Å². The number of rotatable bonds is 5. The Kier molecular flexibility index (Phi) is 4.50. The van der Waals surface area contributed by atoms with E-state index in [-0.39, 0.29) is 16.7 Å². The highest BCUT2D eigenvalue weighted by molar-refractivity contribution is 5.35. The summed E-state index contributed by atoms with van der Waals surface area (Å²) >= 11 is 0. The van der Waals surface area contributed by atoms with E-state index in [9.17, 15) is 10.1 Å². The lowest BCUT2D eigenvalue weighted by atomic mass is 10.0. The zero-order valence-corrected chi connectivity index (χ0v) is 11.3. The summed E-state index contributed by atoms with van der Waals surface area (Å²) in [6.45, 7) is 5.83.